The van der Waals surface area contributed by atoms with Crippen molar-refractivity contribution in [2.75, 3.05) is 19.6 Å². The number of aryl methyl sites for hydroxylation is 2. The van der Waals surface area contributed by atoms with Gasteiger partial charge < -0.3 is 14.7 Å². The van der Waals surface area contributed by atoms with Gasteiger partial charge in [-0.3, -0.25) is 9.59 Å². The molecule has 0 saturated carbocycles. The average molecular weight is 293 g/mol. The van der Waals surface area contributed by atoms with E-state index in [-0.39, 0.29) is 11.8 Å². The van der Waals surface area contributed by atoms with Crippen molar-refractivity contribution in [2.24, 2.45) is 0 Å². The van der Waals surface area contributed by atoms with Crippen molar-refractivity contribution in [3.05, 3.63) is 17.0 Å². The van der Waals surface area contributed by atoms with Gasteiger partial charge in [-0.2, -0.15) is 0 Å². The summed E-state index contributed by atoms with van der Waals surface area (Å²) in [4.78, 5) is 25.5. The van der Waals surface area contributed by atoms with Crippen LogP contribution in [0.15, 0.2) is 4.52 Å². The minimum Gasteiger partial charge on any atom is -0.361 e. The number of carbonyl (C=O) groups excluding carboxylic acids is 2. The lowest BCUT2D eigenvalue weighted by Crippen LogP contribution is -2.32. The van der Waals surface area contributed by atoms with Crippen LogP contribution in [-0.4, -0.2) is 41.5 Å². The van der Waals surface area contributed by atoms with E-state index in [0.717, 1.165) is 42.9 Å². The molecule has 1 aliphatic heterocycles. The van der Waals surface area contributed by atoms with Gasteiger partial charge in [-0.15, -0.1) is 0 Å². The van der Waals surface area contributed by atoms with E-state index in [1.807, 2.05) is 18.7 Å². The van der Waals surface area contributed by atoms with Crippen LogP contribution in [0.1, 0.15) is 42.7 Å². The Kier molecular flexibility index (Phi) is 5.36. The molecular formula is C15H23N3O3. The lowest BCUT2D eigenvalue weighted by atomic mass is 10.1. The molecule has 21 heavy (non-hydrogen) atoms. The molecule has 2 amide bonds. The first-order valence-electron chi connectivity index (χ1n) is 7.54. The second-order valence-electron chi connectivity index (χ2n) is 5.49. The van der Waals surface area contributed by atoms with Gasteiger partial charge >= 0.3 is 0 Å². The second-order valence-corrected chi connectivity index (χ2v) is 5.49. The molecule has 2 heterocycles. The standard InChI is InChI=1S/C15H23N3O3/c1-11-13(12(2)21-17-11)5-6-14(19)16-8-7-15(20)18-9-3-4-10-18/h3-10H2,1-2H3,(H,16,19). The van der Waals surface area contributed by atoms with E-state index in [1.54, 1.807) is 0 Å². The fraction of sp³-hybridized carbons (Fsp3) is 0.667. The molecular weight excluding hydrogens is 270 g/mol. The maximum Gasteiger partial charge on any atom is 0.224 e. The summed E-state index contributed by atoms with van der Waals surface area (Å²) in [5.41, 5.74) is 1.84. The van der Waals surface area contributed by atoms with Gasteiger partial charge in [0.25, 0.3) is 0 Å². The first-order valence-corrected chi connectivity index (χ1v) is 7.54. The van der Waals surface area contributed by atoms with Crippen LogP contribution in [0, 0.1) is 13.8 Å². The number of hydrogen-bond donors (Lipinski definition) is 1. The van der Waals surface area contributed by atoms with E-state index in [4.69, 9.17) is 4.52 Å². The highest BCUT2D eigenvalue weighted by Crippen LogP contribution is 2.14. The summed E-state index contributed by atoms with van der Waals surface area (Å²) in [6.45, 7) is 5.85. The molecule has 0 bridgehead atoms. The number of amides is 2. The average Bonchev–Trinajstić information content (AvgIpc) is 3.08. The van der Waals surface area contributed by atoms with Gasteiger partial charge in [-0.05, 0) is 33.1 Å². The highest BCUT2D eigenvalue weighted by molar-refractivity contribution is 5.79. The van der Waals surface area contributed by atoms with Crippen molar-refractivity contribution < 1.29 is 14.1 Å². The van der Waals surface area contributed by atoms with E-state index >= 15 is 0 Å². The molecule has 2 rings (SSSR count). The Morgan fingerprint density at radius 2 is 1.95 bits per heavy atom. The predicted octanol–water partition coefficient (Wildman–Crippen LogP) is 1.35. The Hall–Kier alpha value is -1.85. The summed E-state index contributed by atoms with van der Waals surface area (Å²) in [7, 11) is 0. The molecule has 1 fully saturated rings. The molecule has 0 aromatic carbocycles. The molecule has 0 unspecified atom stereocenters. The number of aromatic nitrogens is 1. The molecule has 6 heteroatoms. The molecule has 0 radical (unpaired) electrons. The normalized spacial score (nSPS) is 14.5. The third kappa shape index (κ3) is 4.31. The highest BCUT2D eigenvalue weighted by atomic mass is 16.5. The first kappa shape index (κ1) is 15.5. The van der Waals surface area contributed by atoms with Gasteiger partial charge in [-0.1, -0.05) is 5.16 Å². The largest absolute Gasteiger partial charge is 0.361 e. The second kappa shape index (κ2) is 7.24. The summed E-state index contributed by atoms with van der Waals surface area (Å²) in [6.07, 6.45) is 3.58. The van der Waals surface area contributed by atoms with Crippen molar-refractivity contribution in [1.29, 1.82) is 0 Å². The fourth-order valence-corrected chi connectivity index (χ4v) is 2.62. The van der Waals surface area contributed by atoms with E-state index in [0.29, 0.717) is 25.8 Å². The summed E-state index contributed by atoms with van der Waals surface area (Å²) >= 11 is 0. The van der Waals surface area contributed by atoms with Crippen LogP contribution in [0.25, 0.3) is 0 Å². The number of nitrogens with one attached hydrogen (secondary N) is 1. The van der Waals surface area contributed by atoms with Crippen molar-refractivity contribution in [1.82, 2.24) is 15.4 Å². The van der Waals surface area contributed by atoms with E-state index in [9.17, 15) is 9.59 Å². The van der Waals surface area contributed by atoms with Crippen molar-refractivity contribution in [3.63, 3.8) is 0 Å². The van der Waals surface area contributed by atoms with Gasteiger partial charge in [0.2, 0.25) is 11.8 Å². The number of hydrogen-bond acceptors (Lipinski definition) is 4. The first-order chi connectivity index (χ1) is 10.1. The zero-order valence-corrected chi connectivity index (χ0v) is 12.8. The molecule has 1 N–H and O–H groups in total. The molecule has 116 valence electrons. The zero-order valence-electron chi connectivity index (χ0n) is 12.8. The Morgan fingerprint density at radius 3 is 2.57 bits per heavy atom. The van der Waals surface area contributed by atoms with Gasteiger partial charge in [0, 0.05) is 38.0 Å². The third-order valence-corrected chi connectivity index (χ3v) is 3.90. The van der Waals surface area contributed by atoms with Gasteiger partial charge in [-0.25, -0.2) is 0 Å². The van der Waals surface area contributed by atoms with E-state index in [2.05, 4.69) is 10.5 Å². The molecule has 6 nitrogen and oxygen atoms in total. The van der Waals surface area contributed by atoms with Crippen LogP contribution in [0.3, 0.4) is 0 Å². The van der Waals surface area contributed by atoms with E-state index in [1.165, 1.54) is 0 Å². The maximum atomic E-state index is 11.8. The van der Waals surface area contributed by atoms with Crippen LogP contribution >= 0.6 is 0 Å². The predicted molar refractivity (Wildman–Crippen MR) is 77.7 cm³/mol. The topological polar surface area (TPSA) is 75.4 Å². The van der Waals surface area contributed by atoms with Gasteiger partial charge in [0.1, 0.15) is 5.76 Å². The van der Waals surface area contributed by atoms with Crippen LogP contribution < -0.4 is 5.32 Å². The summed E-state index contributed by atoms with van der Waals surface area (Å²) < 4.78 is 5.07. The zero-order chi connectivity index (χ0) is 15.2. The van der Waals surface area contributed by atoms with Crippen molar-refractivity contribution in [3.8, 4) is 0 Å². The molecule has 0 spiro atoms. The lowest BCUT2D eigenvalue weighted by Gasteiger charge is -2.15. The van der Waals surface area contributed by atoms with Gasteiger partial charge in [0.15, 0.2) is 0 Å². The molecule has 1 saturated heterocycles. The van der Waals surface area contributed by atoms with Crippen molar-refractivity contribution >= 4 is 11.8 Å². The summed E-state index contributed by atoms with van der Waals surface area (Å²) in [6, 6.07) is 0. The highest BCUT2D eigenvalue weighted by Gasteiger charge is 2.17. The summed E-state index contributed by atoms with van der Waals surface area (Å²) in [5, 5.41) is 6.67. The lowest BCUT2D eigenvalue weighted by molar-refractivity contribution is -0.130. The number of nitrogens with zero attached hydrogens (tertiary/aromatic N) is 2. The third-order valence-electron chi connectivity index (χ3n) is 3.90. The van der Waals surface area contributed by atoms with Gasteiger partial charge in [0.05, 0.1) is 5.69 Å². The van der Waals surface area contributed by atoms with Crippen LogP contribution in [0.4, 0.5) is 0 Å². The Morgan fingerprint density at radius 1 is 1.24 bits per heavy atom. The van der Waals surface area contributed by atoms with Crippen molar-refractivity contribution in [2.45, 2.75) is 46.0 Å². The fourth-order valence-electron chi connectivity index (χ4n) is 2.62. The molecule has 1 aromatic heterocycles. The smallest absolute Gasteiger partial charge is 0.224 e. The van der Waals surface area contributed by atoms with Crippen LogP contribution in [0.5, 0.6) is 0 Å². The monoisotopic (exact) mass is 293 g/mol. The Balaban J connectivity index is 1.64. The number of rotatable bonds is 6. The molecule has 1 aliphatic rings. The quantitative estimate of drug-likeness (QED) is 0.859. The Bertz CT molecular complexity index is 485. The maximum absolute atomic E-state index is 11.8. The number of likely N-dealkylation sites (tertiary alicyclic amines) is 1. The molecule has 1 aromatic rings. The SMILES string of the molecule is Cc1noc(C)c1CCC(=O)NCCC(=O)N1CCCC1. The van der Waals surface area contributed by atoms with Crippen LogP contribution in [-0.2, 0) is 16.0 Å². The minimum absolute atomic E-state index is 0.0378. The molecule has 0 atom stereocenters. The number of carbonyl (C=O) groups is 2. The Labute approximate surface area is 124 Å². The molecule has 0 aliphatic carbocycles. The van der Waals surface area contributed by atoms with Crippen LogP contribution in [0.2, 0.25) is 0 Å². The summed E-state index contributed by atoms with van der Waals surface area (Å²) in [5.74, 6) is 0.868. The minimum atomic E-state index is -0.0378. The van der Waals surface area contributed by atoms with E-state index < -0.39 is 0 Å².